The molecule has 8 heteroatoms. The van der Waals surface area contributed by atoms with E-state index in [2.05, 4.69) is 34.5 Å². The van der Waals surface area contributed by atoms with Gasteiger partial charge in [0.05, 0.1) is 11.5 Å². The van der Waals surface area contributed by atoms with Gasteiger partial charge in [0.2, 0.25) is 10.0 Å². The van der Waals surface area contributed by atoms with Gasteiger partial charge in [0.1, 0.15) is 0 Å². The fraction of sp³-hybridized carbons (Fsp3) is 0.406. The predicted molar refractivity (Wildman–Crippen MR) is 167 cm³/mol. The fourth-order valence-electron chi connectivity index (χ4n) is 4.59. The van der Waals surface area contributed by atoms with E-state index in [0.29, 0.717) is 37.7 Å². The van der Waals surface area contributed by atoms with E-state index < -0.39 is 16.1 Å². The van der Waals surface area contributed by atoms with Crippen LogP contribution in [0.5, 0.6) is 0 Å². The Morgan fingerprint density at radius 3 is 1.93 bits per heavy atom. The second-order valence-corrected chi connectivity index (χ2v) is 13.0. The molecule has 3 aromatic carbocycles. The van der Waals surface area contributed by atoms with Crippen molar-refractivity contribution >= 4 is 27.4 Å². The first kappa shape index (κ1) is 31.7. The molecule has 0 unspecified atom stereocenters. The molecule has 0 aliphatic rings. The monoisotopic (exact) mass is 581 g/mol. The van der Waals surface area contributed by atoms with E-state index in [4.69, 9.17) is 12.2 Å². The summed E-state index contributed by atoms with van der Waals surface area (Å²) in [5.74, 6) is 0.133. The SMILES string of the molecule is Cc1ccc(S(=O)(=O)N(CC(C)C)[C@H](CO)CCCCNC(=S)N(Cc2ccccc2)Cc2ccccc2)cc1. The molecule has 0 spiro atoms. The van der Waals surface area contributed by atoms with Gasteiger partial charge in [-0.15, -0.1) is 0 Å². The van der Waals surface area contributed by atoms with Crippen LogP contribution in [0.25, 0.3) is 0 Å². The zero-order valence-electron chi connectivity index (χ0n) is 23.9. The van der Waals surface area contributed by atoms with Crippen LogP contribution in [0, 0.1) is 12.8 Å². The molecule has 0 saturated carbocycles. The Morgan fingerprint density at radius 2 is 1.43 bits per heavy atom. The number of nitrogens with one attached hydrogen (secondary N) is 1. The molecule has 0 fully saturated rings. The van der Waals surface area contributed by atoms with Crippen molar-refractivity contribution in [3.63, 3.8) is 0 Å². The summed E-state index contributed by atoms with van der Waals surface area (Å²) in [7, 11) is -3.72. The van der Waals surface area contributed by atoms with Crippen molar-refractivity contribution in [2.75, 3.05) is 19.7 Å². The highest BCUT2D eigenvalue weighted by molar-refractivity contribution is 7.89. The van der Waals surface area contributed by atoms with Crippen molar-refractivity contribution in [1.82, 2.24) is 14.5 Å². The summed E-state index contributed by atoms with van der Waals surface area (Å²) in [5, 5.41) is 14.3. The zero-order chi connectivity index (χ0) is 29.0. The van der Waals surface area contributed by atoms with Gasteiger partial charge in [-0.2, -0.15) is 4.31 Å². The smallest absolute Gasteiger partial charge is 0.243 e. The Kier molecular flexibility index (Phi) is 12.6. The van der Waals surface area contributed by atoms with Crippen LogP contribution < -0.4 is 5.32 Å². The Balaban J connectivity index is 1.58. The van der Waals surface area contributed by atoms with Gasteiger partial charge in [-0.3, -0.25) is 0 Å². The second kappa shape index (κ2) is 15.9. The molecule has 2 N–H and O–H groups in total. The van der Waals surface area contributed by atoms with E-state index in [9.17, 15) is 13.5 Å². The van der Waals surface area contributed by atoms with Crippen LogP contribution in [0.1, 0.15) is 49.8 Å². The first-order valence-electron chi connectivity index (χ1n) is 14.0. The molecule has 0 heterocycles. The minimum Gasteiger partial charge on any atom is -0.395 e. The molecule has 216 valence electrons. The predicted octanol–water partition coefficient (Wildman–Crippen LogP) is 5.75. The molecule has 0 aliphatic carbocycles. The van der Waals surface area contributed by atoms with Crippen LogP contribution in [-0.2, 0) is 23.1 Å². The first-order chi connectivity index (χ1) is 19.2. The van der Waals surface area contributed by atoms with Gasteiger partial charge in [0.15, 0.2) is 5.11 Å². The van der Waals surface area contributed by atoms with Crippen molar-refractivity contribution in [3.05, 3.63) is 102 Å². The fourth-order valence-corrected chi connectivity index (χ4v) is 6.64. The molecular weight excluding hydrogens is 539 g/mol. The summed E-state index contributed by atoms with van der Waals surface area (Å²) in [4.78, 5) is 2.43. The van der Waals surface area contributed by atoms with Gasteiger partial charge in [-0.05, 0) is 61.2 Å². The van der Waals surface area contributed by atoms with E-state index in [1.165, 1.54) is 15.4 Å². The number of thiocarbonyl (C=S) groups is 1. The third kappa shape index (κ3) is 9.70. The highest BCUT2D eigenvalue weighted by Gasteiger charge is 2.31. The number of nitrogens with zero attached hydrogens (tertiary/aromatic N) is 2. The molecule has 0 radical (unpaired) electrons. The molecular formula is C32H43N3O3S2. The molecule has 0 saturated heterocycles. The zero-order valence-corrected chi connectivity index (χ0v) is 25.5. The van der Waals surface area contributed by atoms with Crippen molar-refractivity contribution in [2.45, 2.75) is 64.1 Å². The molecule has 0 amide bonds. The van der Waals surface area contributed by atoms with Gasteiger partial charge in [0.25, 0.3) is 0 Å². The minimum absolute atomic E-state index is 0.133. The van der Waals surface area contributed by atoms with E-state index >= 15 is 0 Å². The lowest BCUT2D eigenvalue weighted by Crippen LogP contribution is -2.44. The van der Waals surface area contributed by atoms with Crippen molar-refractivity contribution in [1.29, 1.82) is 0 Å². The number of rotatable bonds is 15. The maximum absolute atomic E-state index is 13.5. The van der Waals surface area contributed by atoms with Crippen molar-refractivity contribution < 1.29 is 13.5 Å². The number of unbranched alkanes of at least 4 members (excludes halogenated alkanes) is 1. The van der Waals surface area contributed by atoms with Gasteiger partial charge in [-0.1, -0.05) is 98.6 Å². The summed E-state index contributed by atoms with van der Waals surface area (Å²) in [6.07, 6.45) is 2.14. The normalized spacial score (nSPS) is 12.4. The Morgan fingerprint density at radius 1 is 0.875 bits per heavy atom. The Bertz CT molecular complexity index is 1230. The van der Waals surface area contributed by atoms with Crippen molar-refractivity contribution in [2.24, 2.45) is 5.92 Å². The van der Waals surface area contributed by atoms with Crippen LogP contribution in [0.4, 0.5) is 0 Å². The van der Waals surface area contributed by atoms with Crippen LogP contribution in [0.2, 0.25) is 0 Å². The van der Waals surface area contributed by atoms with Gasteiger partial charge in [0, 0.05) is 32.2 Å². The lowest BCUT2D eigenvalue weighted by Gasteiger charge is -2.31. The third-order valence-electron chi connectivity index (χ3n) is 6.75. The summed E-state index contributed by atoms with van der Waals surface area (Å²) in [5.41, 5.74) is 3.38. The first-order valence-corrected chi connectivity index (χ1v) is 15.9. The average Bonchev–Trinajstić information content (AvgIpc) is 2.94. The maximum atomic E-state index is 13.5. The molecule has 0 bridgehead atoms. The van der Waals surface area contributed by atoms with Crippen LogP contribution >= 0.6 is 12.2 Å². The van der Waals surface area contributed by atoms with E-state index in [-0.39, 0.29) is 17.4 Å². The second-order valence-electron chi connectivity index (χ2n) is 10.7. The maximum Gasteiger partial charge on any atom is 0.243 e. The van der Waals surface area contributed by atoms with E-state index in [0.717, 1.165) is 18.4 Å². The summed E-state index contributed by atoms with van der Waals surface area (Å²) in [6, 6.07) is 27.0. The van der Waals surface area contributed by atoms with Crippen LogP contribution in [0.15, 0.2) is 89.8 Å². The quantitative estimate of drug-likeness (QED) is 0.176. The Labute approximate surface area is 246 Å². The molecule has 3 rings (SSSR count). The highest BCUT2D eigenvalue weighted by Crippen LogP contribution is 2.23. The van der Waals surface area contributed by atoms with Crippen molar-refractivity contribution in [3.8, 4) is 0 Å². The largest absolute Gasteiger partial charge is 0.395 e. The lowest BCUT2D eigenvalue weighted by molar-refractivity contribution is 0.168. The number of hydrogen-bond acceptors (Lipinski definition) is 4. The van der Waals surface area contributed by atoms with Gasteiger partial charge in [-0.25, -0.2) is 8.42 Å². The number of sulfonamides is 1. The molecule has 40 heavy (non-hydrogen) atoms. The average molecular weight is 582 g/mol. The molecule has 0 aliphatic heterocycles. The third-order valence-corrected chi connectivity index (χ3v) is 9.09. The number of hydrogen-bond donors (Lipinski definition) is 2. The van der Waals surface area contributed by atoms with Gasteiger partial charge < -0.3 is 15.3 Å². The number of aliphatic hydroxyl groups is 1. The molecule has 0 aromatic heterocycles. The minimum atomic E-state index is -3.72. The lowest BCUT2D eigenvalue weighted by atomic mass is 10.1. The Hall–Kier alpha value is -2.78. The number of aryl methyl sites for hydroxylation is 1. The topological polar surface area (TPSA) is 72.9 Å². The van der Waals surface area contributed by atoms with Gasteiger partial charge >= 0.3 is 0 Å². The molecule has 3 aromatic rings. The summed E-state index contributed by atoms with van der Waals surface area (Å²) < 4.78 is 28.5. The number of benzene rings is 3. The van der Waals surface area contributed by atoms with E-state index in [1.54, 1.807) is 12.1 Å². The molecule has 1 atom stereocenters. The standard InChI is InChI=1S/C32H43N3O3S2/c1-26(2)22-35(40(37,38)31-19-17-27(3)18-20-31)30(25-36)16-10-11-21-33-32(39)34(23-28-12-6-4-7-13-28)24-29-14-8-5-9-15-29/h4-9,12-15,17-20,26,30,36H,10-11,16,21-25H2,1-3H3,(H,33,39)/t30-/m0/s1. The highest BCUT2D eigenvalue weighted by atomic mass is 32.2. The molecule has 6 nitrogen and oxygen atoms in total. The summed E-state index contributed by atoms with van der Waals surface area (Å²) in [6.45, 7) is 8.14. The number of aliphatic hydroxyl groups excluding tert-OH is 1. The van der Waals surface area contributed by atoms with Crippen LogP contribution in [0.3, 0.4) is 0 Å². The van der Waals surface area contributed by atoms with Crippen LogP contribution in [-0.4, -0.2) is 53.6 Å². The van der Waals surface area contributed by atoms with E-state index in [1.807, 2.05) is 69.3 Å². The summed E-state index contributed by atoms with van der Waals surface area (Å²) >= 11 is 5.79.